The van der Waals surface area contributed by atoms with Crippen molar-refractivity contribution in [1.29, 1.82) is 0 Å². The molecule has 0 spiro atoms. The standard InChI is InChI=1S/C22H24ClN3O3S/c1-22(2,3)29-18(27)11-24-19-14-7-5-4-6-12(14)8-15(19)25-20(28)16-9-13-10-17(23)30-21(13)26-16/h4-7,9-10,15,19,24,26H,8,11H2,1-3H3,(H,25,28)/t15-,19+/m1/s1. The largest absolute Gasteiger partial charge is 0.459 e. The molecule has 8 heteroatoms. The van der Waals surface area contributed by atoms with Crippen LogP contribution in [0.1, 0.15) is 48.4 Å². The molecule has 158 valence electrons. The van der Waals surface area contributed by atoms with E-state index in [1.165, 1.54) is 11.3 Å². The molecule has 3 N–H and O–H groups in total. The number of H-pyrrole nitrogens is 1. The maximum absolute atomic E-state index is 12.9. The van der Waals surface area contributed by atoms with Gasteiger partial charge in [0.2, 0.25) is 0 Å². The Morgan fingerprint density at radius 3 is 2.77 bits per heavy atom. The van der Waals surface area contributed by atoms with Gasteiger partial charge in [0.05, 0.1) is 23.0 Å². The first-order valence-corrected chi connectivity index (χ1v) is 11.0. The normalized spacial score (nSPS) is 18.4. The van der Waals surface area contributed by atoms with Gasteiger partial charge in [-0.2, -0.15) is 0 Å². The number of rotatable bonds is 5. The predicted octanol–water partition coefficient (Wildman–Crippen LogP) is 4.21. The fraction of sp³-hybridized carbons (Fsp3) is 0.364. The van der Waals surface area contributed by atoms with Crippen LogP contribution in [0.15, 0.2) is 36.4 Å². The number of carbonyl (C=O) groups excluding carboxylic acids is 2. The highest BCUT2D eigenvalue weighted by Crippen LogP contribution is 2.32. The molecule has 0 aliphatic heterocycles. The van der Waals surface area contributed by atoms with Crippen molar-refractivity contribution in [3.8, 4) is 0 Å². The Morgan fingerprint density at radius 1 is 1.27 bits per heavy atom. The summed E-state index contributed by atoms with van der Waals surface area (Å²) in [5, 5.41) is 7.32. The number of ether oxygens (including phenoxy) is 1. The summed E-state index contributed by atoms with van der Waals surface area (Å²) in [6, 6.07) is 11.3. The third-order valence-electron chi connectivity index (χ3n) is 4.96. The number of nitrogens with one attached hydrogen (secondary N) is 3. The Bertz CT molecular complexity index is 1070. The Labute approximate surface area is 184 Å². The lowest BCUT2D eigenvalue weighted by molar-refractivity contribution is -0.153. The number of benzene rings is 1. The number of aromatic nitrogens is 1. The van der Waals surface area contributed by atoms with Crippen molar-refractivity contribution < 1.29 is 14.3 Å². The molecule has 0 saturated carbocycles. The third kappa shape index (κ3) is 4.53. The number of hydrogen-bond donors (Lipinski definition) is 3. The van der Waals surface area contributed by atoms with Crippen LogP contribution in [0, 0.1) is 0 Å². The van der Waals surface area contributed by atoms with E-state index in [2.05, 4.69) is 21.7 Å². The van der Waals surface area contributed by atoms with Crippen molar-refractivity contribution in [2.45, 2.75) is 44.9 Å². The number of fused-ring (bicyclic) bond motifs is 2. The molecular weight excluding hydrogens is 422 g/mol. The maximum Gasteiger partial charge on any atom is 0.320 e. The summed E-state index contributed by atoms with van der Waals surface area (Å²) in [5.41, 5.74) is 2.20. The van der Waals surface area contributed by atoms with Crippen LogP contribution >= 0.6 is 22.9 Å². The zero-order valence-electron chi connectivity index (χ0n) is 17.0. The van der Waals surface area contributed by atoms with Crippen LogP contribution in [0.5, 0.6) is 0 Å². The zero-order chi connectivity index (χ0) is 21.5. The minimum absolute atomic E-state index is 0.0688. The lowest BCUT2D eigenvalue weighted by atomic mass is 10.1. The average molecular weight is 446 g/mol. The first-order valence-electron chi connectivity index (χ1n) is 9.81. The van der Waals surface area contributed by atoms with Gasteiger partial charge >= 0.3 is 5.97 Å². The van der Waals surface area contributed by atoms with E-state index in [9.17, 15) is 9.59 Å². The number of amides is 1. The molecule has 6 nitrogen and oxygen atoms in total. The second kappa shape index (κ2) is 8.06. The monoisotopic (exact) mass is 445 g/mol. The van der Waals surface area contributed by atoms with Crippen molar-refractivity contribution in [1.82, 2.24) is 15.6 Å². The highest BCUT2D eigenvalue weighted by molar-refractivity contribution is 7.22. The Balaban J connectivity index is 1.48. The highest BCUT2D eigenvalue weighted by Gasteiger charge is 2.34. The van der Waals surface area contributed by atoms with E-state index >= 15 is 0 Å². The lowest BCUT2D eigenvalue weighted by Crippen LogP contribution is -2.44. The average Bonchev–Trinajstić information content (AvgIpc) is 3.29. The number of hydrogen-bond acceptors (Lipinski definition) is 5. The van der Waals surface area contributed by atoms with Crippen LogP contribution in [-0.4, -0.2) is 35.0 Å². The summed E-state index contributed by atoms with van der Waals surface area (Å²) in [6.07, 6.45) is 0.689. The summed E-state index contributed by atoms with van der Waals surface area (Å²) < 4.78 is 6.08. The molecule has 2 atom stereocenters. The fourth-order valence-corrected chi connectivity index (χ4v) is 4.94. The van der Waals surface area contributed by atoms with Crippen molar-refractivity contribution in [2.75, 3.05) is 6.54 Å². The minimum atomic E-state index is -0.538. The van der Waals surface area contributed by atoms with Crippen LogP contribution < -0.4 is 10.6 Å². The van der Waals surface area contributed by atoms with Gasteiger partial charge in [-0.25, -0.2) is 0 Å². The van der Waals surface area contributed by atoms with E-state index in [4.69, 9.17) is 16.3 Å². The van der Waals surface area contributed by atoms with Crippen LogP contribution in [0.3, 0.4) is 0 Å². The summed E-state index contributed by atoms with van der Waals surface area (Å²) in [5.74, 6) is -0.505. The molecule has 0 saturated heterocycles. The molecule has 0 bridgehead atoms. The molecule has 1 aromatic carbocycles. The van der Waals surface area contributed by atoms with Crippen LogP contribution in [0.25, 0.3) is 10.2 Å². The molecule has 3 aromatic rings. The SMILES string of the molecule is CC(C)(C)OC(=O)CN[C@H]1c2ccccc2C[C@H]1NC(=O)c1cc2cc(Cl)sc2[nH]1. The number of aromatic amines is 1. The summed E-state index contributed by atoms with van der Waals surface area (Å²) in [4.78, 5) is 29.1. The second-order valence-corrected chi connectivity index (χ2v) is 10.1. The zero-order valence-corrected chi connectivity index (χ0v) is 18.6. The van der Waals surface area contributed by atoms with Crippen LogP contribution in [0.2, 0.25) is 4.34 Å². The topological polar surface area (TPSA) is 83.2 Å². The first-order chi connectivity index (χ1) is 14.2. The molecule has 2 aromatic heterocycles. The Hall–Kier alpha value is -2.35. The Morgan fingerprint density at radius 2 is 2.03 bits per heavy atom. The van der Waals surface area contributed by atoms with Gasteiger partial charge in [0.15, 0.2) is 0 Å². The summed E-state index contributed by atoms with van der Waals surface area (Å²) >= 11 is 7.42. The molecule has 1 aliphatic carbocycles. The van der Waals surface area contributed by atoms with E-state index in [0.717, 1.165) is 21.3 Å². The van der Waals surface area contributed by atoms with E-state index in [1.807, 2.05) is 45.0 Å². The van der Waals surface area contributed by atoms with Crippen LogP contribution in [-0.2, 0) is 16.0 Å². The Kier molecular flexibility index (Phi) is 5.61. The van der Waals surface area contributed by atoms with Gasteiger partial charge in [-0.15, -0.1) is 11.3 Å². The second-order valence-electron chi connectivity index (χ2n) is 8.45. The molecule has 0 radical (unpaired) electrons. The molecule has 0 fully saturated rings. The maximum atomic E-state index is 12.9. The predicted molar refractivity (Wildman–Crippen MR) is 119 cm³/mol. The summed E-state index contributed by atoms with van der Waals surface area (Å²) in [6.45, 7) is 5.59. The molecule has 1 aliphatic rings. The first kappa shape index (κ1) is 20.9. The molecule has 2 heterocycles. The number of carbonyl (C=O) groups is 2. The van der Waals surface area contributed by atoms with Gasteiger partial charge in [-0.1, -0.05) is 35.9 Å². The van der Waals surface area contributed by atoms with Gasteiger partial charge < -0.3 is 15.0 Å². The van der Waals surface area contributed by atoms with Crippen molar-refractivity contribution >= 4 is 45.0 Å². The fourth-order valence-electron chi connectivity index (χ4n) is 3.81. The van der Waals surface area contributed by atoms with Crippen molar-refractivity contribution in [3.63, 3.8) is 0 Å². The smallest absolute Gasteiger partial charge is 0.320 e. The lowest BCUT2D eigenvalue weighted by Gasteiger charge is -2.24. The molecular formula is C22H24ClN3O3S. The molecule has 0 unspecified atom stereocenters. The van der Waals surface area contributed by atoms with Crippen molar-refractivity contribution in [2.24, 2.45) is 0 Å². The van der Waals surface area contributed by atoms with E-state index in [-0.39, 0.29) is 30.5 Å². The molecule has 4 rings (SSSR count). The van der Waals surface area contributed by atoms with Gasteiger partial charge in [0, 0.05) is 5.39 Å². The van der Waals surface area contributed by atoms with E-state index < -0.39 is 5.60 Å². The van der Waals surface area contributed by atoms with E-state index in [0.29, 0.717) is 16.5 Å². The van der Waals surface area contributed by atoms with Gasteiger partial charge in [0.25, 0.3) is 5.91 Å². The summed E-state index contributed by atoms with van der Waals surface area (Å²) in [7, 11) is 0. The van der Waals surface area contributed by atoms with Gasteiger partial charge in [-0.05, 0) is 50.5 Å². The highest BCUT2D eigenvalue weighted by atomic mass is 35.5. The van der Waals surface area contributed by atoms with Crippen molar-refractivity contribution in [3.05, 3.63) is 57.6 Å². The van der Waals surface area contributed by atoms with Crippen LogP contribution in [0.4, 0.5) is 0 Å². The number of halogens is 1. The minimum Gasteiger partial charge on any atom is -0.459 e. The molecule has 1 amide bonds. The number of esters is 1. The molecule has 30 heavy (non-hydrogen) atoms. The van der Waals surface area contributed by atoms with Gasteiger partial charge in [0.1, 0.15) is 16.1 Å². The quantitative estimate of drug-likeness (QED) is 0.514. The van der Waals surface area contributed by atoms with E-state index in [1.54, 1.807) is 6.07 Å². The van der Waals surface area contributed by atoms with Gasteiger partial charge in [-0.3, -0.25) is 14.9 Å². The number of thiophene rings is 1. The third-order valence-corrected chi connectivity index (χ3v) is 6.15.